The molecule has 12 rings (SSSR count). The van der Waals surface area contributed by atoms with E-state index in [-0.39, 0.29) is 0 Å². The predicted molar refractivity (Wildman–Crippen MR) is 249 cm³/mol. The van der Waals surface area contributed by atoms with Gasteiger partial charge in [0.15, 0.2) is 17.5 Å². The van der Waals surface area contributed by atoms with Crippen molar-refractivity contribution in [3.63, 3.8) is 0 Å². The Hall–Kier alpha value is -8.02. The summed E-state index contributed by atoms with van der Waals surface area (Å²) in [6.45, 7) is 4.19. The second-order valence-corrected chi connectivity index (χ2v) is 16.3. The van der Waals surface area contributed by atoms with Crippen molar-refractivity contribution in [2.45, 2.75) is 19.3 Å². The summed E-state index contributed by atoms with van der Waals surface area (Å²) in [5, 5.41) is 2.23. The van der Waals surface area contributed by atoms with Crippen molar-refractivity contribution in [2.24, 2.45) is 0 Å². The van der Waals surface area contributed by atoms with E-state index in [2.05, 4.69) is 182 Å². The van der Waals surface area contributed by atoms with Gasteiger partial charge in [0.25, 0.3) is 0 Å². The molecule has 5 heteroatoms. The van der Waals surface area contributed by atoms with E-state index < -0.39 is 5.41 Å². The molecule has 8 aromatic carbocycles. The number of hydrogen-bond donors (Lipinski definition) is 0. The first-order chi connectivity index (χ1) is 30.5. The number of para-hydroxylation sites is 1. The number of pyridine rings is 1. The number of rotatable bonds is 5. The highest BCUT2D eigenvalue weighted by Crippen LogP contribution is 2.62. The Morgan fingerprint density at radius 3 is 1.89 bits per heavy atom. The Morgan fingerprint density at radius 1 is 0.387 bits per heavy atom. The van der Waals surface area contributed by atoms with Gasteiger partial charge in [-0.25, -0.2) is 15.0 Å². The van der Waals surface area contributed by atoms with Crippen LogP contribution in [0.2, 0.25) is 0 Å². The van der Waals surface area contributed by atoms with Gasteiger partial charge in [-0.2, -0.15) is 0 Å². The van der Waals surface area contributed by atoms with E-state index in [1.54, 1.807) is 0 Å². The molecule has 0 amide bonds. The van der Waals surface area contributed by atoms with Gasteiger partial charge in [0.2, 0.25) is 0 Å². The van der Waals surface area contributed by atoms with Crippen LogP contribution in [0.1, 0.15) is 33.5 Å². The zero-order valence-electron chi connectivity index (χ0n) is 34.2. The van der Waals surface area contributed by atoms with E-state index in [4.69, 9.17) is 19.7 Å². The van der Waals surface area contributed by atoms with Crippen LogP contribution in [0.5, 0.6) is 11.5 Å². The monoisotopic (exact) mass is 794 g/mol. The average molecular weight is 795 g/mol. The molecule has 62 heavy (non-hydrogen) atoms. The normalized spacial score (nSPS) is 14.5. The van der Waals surface area contributed by atoms with Crippen molar-refractivity contribution in [1.29, 1.82) is 0 Å². The number of hydrogen-bond acceptors (Lipinski definition) is 5. The first-order valence-electron chi connectivity index (χ1n) is 21.0. The van der Waals surface area contributed by atoms with Crippen LogP contribution in [0.15, 0.2) is 194 Å². The lowest BCUT2D eigenvalue weighted by Gasteiger charge is -2.39. The predicted octanol–water partition coefficient (Wildman–Crippen LogP) is 13.8. The molecule has 1 spiro atoms. The van der Waals surface area contributed by atoms with E-state index in [0.717, 1.165) is 83.6 Å². The summed E-state index contributed by atoms with van der Waals surface area (Å²) in [5.74, 6) is 3.55. The summed E-state index contributed by atoms with van der Waals surface area (Å²) in [7, 11) is 0. The van der Waals surface area contributed by atoms with E-state index in [0.29, 0.717) is 17.5 Å². The molecule has 0 saturated heterocycles. The maximum atomic E-state index is 6.84. The van der Waals surface area contributed by atoms with Gasteiger partial charge in [-0.1, -0.05) is 152 Å². The Morgan fingerprint density at radius 2 is 1.00 bits per heavy atom. The molecule has 1 unspecified atom stereocenters. The number of fused-ring (bicyclic) bond motifs is 10. The third-order valence-electron chi connectivity index (χ3n) is 12.6. The van der Waals surface area contributed by atoms with Crippen LogP contribution in [0, 0.1) is 13.8 Å². The number of aryl methyl sites for hydroxylation is 2. The van der Waals surface area contributed by atoms with Gasteiger partial charge < -0.3 is 4.74 Å². The highest BCUT2D eigenvalue weighted by molar-refractivity contribution is 5.96. The van der Waals surface area contributed by atoms with Crippen molar-refractivity contribution >= 4 is 10.8 Å². The molecule has 3 heterocycles. The minimum absolute atomic E-state index is 0.614. The van der Waals surface area contributed by atoms with E-state index in [1.807, 2.05) is 31.3 Å². The Bertz CT molecular complexity index is 3430. The van der Waals surface area contributed by atoms with Gasteiger partial charge in [-0.3, -0.25) is 4.98 Å². The molecule has 1 aliphatic heterocycles. The summed E-state index contributed by atoms with van der Waals surface area (Å²) in [5.41, 5.74) is 15.8. The Labute approximate surface area is 360 Å². The lowest BCUT2D eigenvalue weighted by Crippen LogP contribution is -2.32. The zero-order valence-corrected chi connectivity index (χ0v) is 34.2. The first kappa shape index (κ1) is 35.9. The molecule has 292 valence electrons. The van der Waals surface area contributed by atoms with Gasteiger partial charge in [0, 0.05) is 45.3 Å². The fourth-order valence-corrected chi connectivity index (χ4v) is 9.85. The molecule has 0 fully saturated rings. The summed E-state index contributed by atoms with van der Waals surface area (Å²) in [4.78, 5) is 20.3. The molecule has 0 radical (unpaired) electrons. The quantitative estimate of drug-likeness (QED) is 0.174. The Kier molecular flexibility index (Phi) is 8.12. The van der Waals surface area contributed by atoms with E-state index in [9.17, 15) is 0 Å². The fraction of sp³-hybridized carbons (Fsp3) is 0.0526. The van der Waals surface area contributed by atoms with E-state index >= 15 is 0 Å². The summed E-state index contributed by atoms with van der Waals surface area (Å²) in [6.07, 6.45) is 1.99. The van der Waals surface area contributed by atoms with Crippen molar-refractivity contribution in [3.05, 3.63) is 228 Å². The van der Waals surface area contributed by atoms with Gasteiger partial charge in [0.1, 0.15) is 11.5 Å². The standard InChI is InChI=1S/C57H38N4O/c1-35-30-36(2)58-34-47(35)41-19-12-18-39(31-41)40-27-29-53-51(32-40)57(49-24-10-11-25-52(49)62-53)48-23-9-8-21-44(48)45-28-26-42(33-50(45)57)55-59-54(38-15-4-3-5-16-38)60-56(61-55)46-22-13-17-37-14-6-7-20-43(37)46/h3-34H,1-2H3. The molecule has 0 bridgehead atoms. The molecule has 1 atom stereocenters. The second kappa shape index (κ2) is 14.0. The molecule has 1 aliphatic carbocycles. The minimum atomic E-state index is -0.703. The lowest BCUT2D eigenvalue weighted by molar-refractivity contribution is 0.436. The molecule has 0 N–H and O–H groups in total. The van der Waals surface area contributed by atoms with Gasteiger partial charge in [-0.15, -0.1) is 0 Å². The third-order valence-corrected chi connectivity index (χ3v) is 12.6. The van der Waals surface area contributed by atoms with Crippen LogP contribution in [0.4, 0.5) is 0 Å². The maximum absolute atomic E-state index is 6.84. The molecule has 2 aromatic heterocycles. The topological polar surface area (TPSA) is 60.8 Å². The van der Waals surface area contributed by atoms with Crippen LogP contribution in [0.25, 0.3) is 78.3 Å². The van der Waals surface area contributed by atoms with Crippen molar-refractivity contribution in [2.75, 3.05) is 0 Å². The lowest BCUT2D eigenvalue weighted by atomic mass is 9.65. The summed E-state index contributed by atoms with van der Waals surface area (Å²) in [6, 6.07) is 66.6. The molecule has 10 aromatic rings. The summed E-state index contributed by atoms with van der Waals surface area (Å²) < 4.78 is 6.84. The van der Waals surface area contributed by atoms with Crippen molar-refractivity contribution in [3.8, 4) is 79.0 Å². The number of ether oxygens (including phenoxy) is 1. The maximum Gasteiger partial charge on any atom is 0.164 e. The SMILES string of the molecule is Cc1cc(C)c(-c2cccc(-c3ccc4c(c3)C3(c5ccccc5O4)c4ccccc4-c4ccc(-c5nc(-c6ccccc6)nc(-c6cccc7ccccc67)n5)cc43)c2)cn1. The average Bonchev–Trinajstić information content (AvgIpc) is 3.61. The second-order valence-electron chi connectivity index (χ2n) is 16.3. The molecule has 0 saturated carbocycles. The van der Waals surface area contributed by atoms with Crippen LogP contribution in [-0.2, 0) is 5.41 Å². The molecule has 5 nitrogen and oxygen atoms in total. The van der Waals surface area contributed by atoms with Gasteiger partial charge in [0.05, 0.1) is 5.41 Å². The molecular weight excluding hydrogens is 757 g/mol. The number of aromatic nitrogens is 4. The first-order valence-corrected chi connectivity index (χ1v) is 21.0. The highest BCUT2D eigenvalue weighted by Gasteiger charge is 2.51. The van der Waals surface area contributed by atoms with Gasteiger partial charge in [-0.05, 0) is 106 Å². The fourth-order valence-electron chi connectivity index (χ4n) is 9.85. The van der Waals surface area contributed by atoms with E-state index in [1.165, 1.54) is 22.3 Å². The smallest absolute Gasteiger partial charge is 0.164 e. The van der Waals surface area contributed by atoms with Crippen LogP contribution in [-0.4, -0.2) is 19.9 Å². The van der Waals surface area contributed by atoms with Crippen LogP contribution in [0.3, 0.4) is 0 Å². The highest BCUT2D eigenvalue weighted by atomic mass is 16.5. The summed E-state index contributed by atoms with van der Waals surface area (Å²) >= 11 is 0. The molecular formula is C57H38N4O. The molecule has 2 aliphatic rings. The number of nitrogens with zero attached hydrogens (tertiary/aromatic N) is 4. The minimum Gasteiger partial charge on any atom is -0.457 e. The van der Waals surface area contributed by atoms with Crippen molar-refractivity contribution < 1.29 is 4.74 Å². The van der Waals surface area contributed by atoms with Crippen LogP contribution < -0.4 is 4.74 Å². The van der Waals surface area contributed by atoms with Crippen molar-refractivity contribution in [1.82, 2.24) is 19.9 Å². The Balaban J connectivity index is 1.09. The third kappa shape index (κ3) is 5.55. The van der Waals surface area contributed by atoms with Crippen LogP contribution >= 0.6 is 0 Å². The van der Waals surface area contributed by atoms with Gasteiger partial charge >= 0.3 is 0 Å². The largest absolute Gasteiger partial charge is 0.457 e. The number of benzene rings is 8. The zero-order chi connectivity index (χ0) is 41.4.